The number of methoxy groups -OCH3 is 1. The summed E-state index contributed by atoms with van der Waals surface area (Å²) in [5.41, 5.74) is 1.82. The maximum Gasteiger partial charge on any atom is 0.341 e. The lowest BCUT2D eigenvalue weighted by atomic mass is 9.97. The highest BCUT2D eigenvalue weighted by Gasteiger charge is 2.33. The summed E-state index contributed by atoms with van der Waals surface area (Å²) < 4.78 is 10.4. The number of pyridine rings is 1. The van der Waals surface area contributed by atoms with Crippen LogP contribution in [0.4, 0.5) is 5.82 Å². The number of hydrogen-bond acceptors (Lipinski definition) is 5. The zero-order valence-electron chi connectivity index (χ0n) is 14.9. The number of rotatable bonds is 5. The first kappa shape index (κ1) is 17.3. The van der Waals surface area contributed by atoms with Crippen molar-refractivity contribution in [3.8, 4) is 5.75 Å². The zero-order chi connectivity index (χ0) is 17.8. The molecule has 0 amide bonds. The predicted molar refractivity (Wildman–Crippen MR) is 97.4 cm³/mol. The van der Waals surface area contributed by atoms with E-state index in [1.807, 2.05) is 19.1 Å². The van der Waals surface area contributed by atoms with E-state index < -0.39 is 0 Å². The molecule has 1 fully saturated rings. The lowest BCUT2D eigenvalue weighted by molar-refractivity contribution is 0.0526. The molecular weight excluding hydrogens is 316 g/mol. The van der Waals surface area contributed by atoms with Crippen LogP contribution in [0.5, 0.6) is 5.75 Å². The van der Waals surface area contributed by atoms with Crippen LogP contribution in [0.15, 0.2) is 42.6 Å². The van der Waals surface area contributed by atoms with Crippen molar-refractivity contribution in [2.75, 3.05) is 25.2 Å². The van der Waals surface area contributed by atoms with E-state index in [1.54, 1.807) is 25.4 Å². The highest BCUT2D eigenvalue weighted by Crippen LogP contribution is 2.36. The Morgan fingerprint density at radius 3 is 2.72 bits per heavy atom. The first-order valence-corrected chi connectivity index (χ1v) is 8.66. The third kappa shape index (κ3) is 3.60. The highest BCUT2D eigenvalue weighted by atomic mass is 16.5. The van der Waals surface area contributed by atoms with Crippen molar-refractivity contribution in [3.63, 3.8) is 0 Å². The van der Waals surface area contributed by atoms with Gasteiger partial charge in [-0.2, -0.15) is 0 Å². The van der Waals surface area contributed by atoms with Crippen LogP contribution in [0, 0.1) is 0 Å². The molecule has 132 valence electrons. The maximum atomic E-state index is 12.2. The molecule has 0 N–H and O–H groups in total. The van der Waals surface area contributed by atoms with Crippen LogP contribution in [0.2, 0.25) is 0 Å². The SMILES string of the molecule is CCOC(=O)c1cccnc1N1CC(c2ccc(OC)cc2)CC1C. The Bertz CT molecular complexity index is 730. The molecule has 0 spiro atoms. The lowest BCUT2D eigenvalue weighted by Crippen LogP contribution is -2.29. The van der Waals surface area contributed by atoms with Gasteiger partial charge in [0.05, 0.1) is 13.7 Å². The summed E-state index contributed by atoms with van der Waals surface area (Å²) in [5.74, 6) is 1.66. The van der Waals surface area contributed by atoms with Crippen LogP contribution in [0.1, 0.15) is 42.1 Å². The smallest absolute Gasteiger partial charge is 0.341 e. The summed E-state index contributed by atoms with van der Waals surface area (Å²) in [4.78, 5) is 18.9. The Labute approximate surface area is 148 Å². The number of nitrogens with zero attached hydrogens (tertiary/aromatic N) is 2. The number of carbonyl (C=O) groups excluding carboxylic acids is 1. The largest absolute Gasteiger partial charge is 0.497 e. The number of aromatic nitrogens is 1. The van der Waals surface area contributed by atoms with Gasteiger partial charge in [-0.05, 0) is 50.1 Å². The first-order chi connectivity index (χ1) is 12.1. The molecule has 3 rings (SSSR count). The average Bonchev–Trinajstić information content (AvgIpc) is 3.03. The van der Waals surface area contributed by atoms with Gasteiger partial charge in [-0.3, -0.25) is 0 Å². The minimum atomic E-state index is -0.314. The second-order valence-corrected chi connectivity index (χ2v) is 6.30. The average molecular weight is 340 g/mol. The zero-order valence-corrected chi connectivity index (χ0v) is 14.9. The van der Waals surface area contributed by atoms with E-state index in [0.717, 1.165) is 18.7 Å². The van der Waals surface area contributed by atoms with Gasteiger partial charge in [-0.25, -0.2) is 9.78 Å². The van der Waals surface area contributed by atoms with E-state index in [0.29, 0.717) is 29.9 Å². The van der Waals surface area contributed by atoms with Gasteiger partial charge < -0.3 is 14.4 Å². The van der Waals surface area contributed by atoms with Gasteiger partial charge in [0, 0.05) is 24.7 Å². The topological polar surface area (TPSA) is 51.7 Å². The van der Waals surface area contributed by atoms with E-state index in [2.05, 4.69) is 28.9 Å². The van der Waals surface area contributed by atoms with E-state index in [4.69, 9.17) is 9.47 Å². The molecule has 1 aromatic carbocycles. The van der Waals surface area contributed by atoms with Crippen LogP contribution in [-0.4, -0.2) is 37.3 Å². The Balaban J connectivity index is 1.83. The second kappa shape index (κ2) is 7.55. The van der Waals surface area contributed by atoms with Crippen LogP contribution in [0.25, 0.3) is 0 Å². The monoisotopic (exact) mass is 340 g/mol. The molecule has 0 aliphatic carbocycles. The number of anilines is 1. The highest BCUT2D eigenvalue weighted by molar-refractivity contribution is 5.94. The van der Waals surface area contributed by atoms with Gasteiger partial charge in [-0.1, -0.05) is 12.1 Å². The van der Waals surface area contributed by atoms with Crippen molar-refractivity contribution in [1.82, 2.24) is 4.98 Å². The summed E-state index contributed by atoms with van der Waals surface area (Å²) in [6.45, 7) is 5.17. The third-order valence-corrected chi connectivity index (χ3v) is 4.72. The molecule has 0 saturated carbocycles. The van der Waals surface area contributed by atoms with Gasteiger partial charge in [0.25, 0.3) is 0 Å². The van der Waals surface area contributed by atoms with Crippen molar-refractivity contribution in [2.45, 2.75) is 32.2 Å². The van der Waals surface area contributed by atoms with E-state index in [9.17, 15) is 4.79 Å². The molecule has 2 unspecified atom stereocenters. The van der Waals surface area contributed by atoms with Crippen molar-refractivity contribution in [2.24, 2.45) is 0 Å². The van der Waals surface area contributed by atoms with Crippen LogP contribution in [-0.2, 0) is 4.74 Å². The number of benzene rings is 1. The van der Waals surface area contributed by atoms with Crippen molar-refractivity contribution in [3.05, 3.63) is 53.7 Å². The Kier molecular flexibility index (Phi) is 5.22. The molecule has 2 aromatic rings. The Morgan fingerprint density at radius 2 is 2.04 bits per heavy atom. The van der Waals surface area contributed by atoms with Crippen molar-refractivity contribution >= 4 is 11.8 Å². The van der Waals surface area contributed by atoms with Crippen LogP contribution >= 0.6 is 0 Å². The Hall–Kier alpha value is -2.56. The summed E-state index contributed by atoms with van der Waals surface area (Å²) in [6.07, 6.45) is 2.75. The van der Waals surface area contributed by atoms with E-state index >= 15 is 0 Å². The fraction of sp³-hybridized carbons (Fsp3) is 0.400. The van der Waals surface area contributed by atoms with Crippen LogP contribution < -0.4 is 9.64 Å². The Morgan fingerprint density at radius 1 is 1.28 bits per heavy atom. The third-order valence-electron chi connectivity index (χ3n) is 4.72. The molecule has 2 atom stereocenters. The quantitative estimate of drug-likeness (QED) is 0.778. The molecule has 1 saturated heterocycles. The number of ether oxygens (including phenoxy) is 2. The van der Waals surface area contributed by atoms with Crippen molar-refractivity contribution < 1.29 is 14.3 Å². The molecule has 1 aliphatic rings. The molecule has 1 aliphatic heterocycles. The minimum absolute atomic E-state index is 0.301. The van der Waals surface area contributed by atoms with Gasteiger partial charge in [-0.15, -0.1) is 0 Å². The predicted octanol–water partition coefficient (Wildman–Crippen LogP) is 3.65. The molecule has 0 bridgehead atoms. The second-order valence-electron chi connectivity index (χ2n) is 6.30. The van der Waals surface area contributed by atoms with Gasteiger partial charge in [0.15, 0.2) is 0 Å². The van der Waals surface area contributed by atoms with Crippen LogP contribution in [0.3, 0.4) is 0 Å². The van der Waals surface area contributed by atoms with E-state index in [-0.39, 0.29) is 5.97 Å². The summed E-state index contributed by atoms with van der Waals surface area (Å²) >= 11 is 0. The summed E-state index contributed by atoms with van der Waals surface area (Å²) in [7, 11) is 1.67. The normalized spacial score (nSPS) is 19.7. The maximum absolute atomic E-state index is 12.2. The van der Waals surface area contributed by atoms with E-state index in [1.165, 1.54) is 5.56 Å². The number of esters is 1. The molecule has 5 nitrogen and oxygen atoms in total. The molecule has 2 heterocycles. The standard InChI is InChI=1S/C20H24N2O3/c1-4-25-20(23)18-6-5-11-21-19(18)22-13-16(12-14(22)2)15-7-9-17(24-3)10-8-15/h5-11,14,16H,4,12-13H2,1-3H3. The number of carbonyl (C=O) groups is 1. The fourth-order valence-electron chi connectivity index (χ4n) is 3.44. The molecule has 0 radical (unpaired) electrons. The van der Waals surface area contributed by atoms with Gasteiger partial charge >= 0.3 is 5.97 Å². The van der Waals surface area contributed by atoms with Gasteiger partial charge in [0.2, 0.25) is 0 Å². The van der Waals surface area contributed by atoms with Crippen molar-refractivity contribution in [1.29, 1.82) is 0 Å². The minimum Gasteiger partial charge on any atom is -0.497 e. The molecule has 25 heavy (non-hydrogen) atoms. The summed E-state index contributed by atoms with van der Waals surface area (Å²) in [5, 5.41) is 0. The fourth-order valence-corrected chi connectivity index (χ4v) is 3.44. The molecule has 5 heteroatoms. The first-order valence-electron chi connectivity index (χ1n) is 8.66. The molecule has 1 aromatic heterocycles. The molecular formula is C20H24N2O3. The lowest BCUT2D eigenvalue weighted by Gasteiger charge is -2.24. The van der Waals surface area contributed by atoms with Gasteiger partial charge in [0.1, 0.15) is 17.1 Å². The number of hydrogen-bond donors (Lipinski definition) is 0. The summed E-state index contributed by atoms with van der Waals surface area (Å²) in [6, 6.07) is 12.1.